The van der Waals surface area contributed by atoms with Crippen molar-refractivity contribution in [2.45, 2.75) is 20.3 Å². The van der Waals surface area contributed by atoms with Gasteiger partial charge in [0.25, 0.3) is 5.91 Å². The number of likely N-dealkylation sites (N-methyl/N-ethyl adjacent to an activating group) is 1. The van der Waals surface area contributed by atoms with Gasteiger partial charge in [-0.2, -0.15) is 0 Å². The van der Waals surface area contributed by atoms with E-state index in [-0.39, 0.29) is 5.91 Å². The van der Waals surface area contributed by atoms with Crippen LogP contribution in [0.3, 0.4) is 0 Å². The Hall–Kier alpha value is -3.21. The third-order valence-electron chi connectivity index (χ3n) is 4.53. The van der Waals surface area contributed by atoms with Crippen molar-refractivity contribution in [3.05, 3.63) is 77.7 Å². The summed E-state index contributed by atoms with van der Waals surface area (Å²) in [6, 6.07) is 17.2. The van der Waals surface area contributed by atoms with Crippen molar-refractivity contribution < 1.29 is 9.53 Å². The molecule has 0 saturated heterocycles. The molecule has 28 heavy (non-hydrogen) atoms. The van der Waals surface area contributed by atoms with Crippen molar-refractivity contribution in [3.63, 3.8) is 0 Å². The Morgan fingerprint density at radius 1 is 1.11 bits per heavy atom. The van der Waals surface area contributed by atoms with Crippen LogP contribution < -0.4 is 4.74 Å². The van der Waals surface area contributed by atoms with Gasteiger partial charge < -0.3 is 9.64 Å². The number of nitrogens with zero attached hydrogens (tertiary/aromatic N) is 3. The summed E-state index contributed by atoms with van der Waals surface area (Å²) >= 11 is 0. The van der Waals surface area contributed by atoms with Gasteiger partial charge in [-0.25, -0.2) is 9.97 Å². The third kappa shape index (κ3) is 4.74. The molecule has 0 fully saturated rings. The highest BCUT2D eigenvalue weighted by Crippen LogP contribution is 2.23. The smallest absolute Gasteiger partial charge is 0.253 e. The van der Waals surface area contributed by atoms with Crippen molar-refractivity contribution in [3.8, 4) is 17.0 Å². The molecule has 0 saturated carbocycles. The summed E-state index contributed by atoms with van der Waals surface area (Å²) in [6.07, 6.45) is 2.70. The topological polar surface area (TPSA) is 55.3 Å². The fourth-order valence-electron chi connectivity index (χ4n) is 2.94. The molecule has 0 atom stereocenters. The highest BCUT2D eigenvalue weighted by atomic mass is 16.5. The maximum absolute atomic E-state index is 12.8. The number of ether oxygens (including phenoxy) is 1. The summed E-state index contributed by atoms with van der Waals surface area (Å²) in [5.74, 6) is 1.48. The molecule has 1 heterocycles. The monoisotopic (exact) mass is 375 g/mol. The summed E-state index contributed by atoms with van der Waals surface area (Å²) in [5.41, 5.74) is 3.53. The number of aryl methyl sites for hydroxylation is 2. The van der Waals surface area contributed by atoms with Crippen LogP contribution in [0.1, 0.15) is 28.7 Å². The average molecular weight is 375 g/mol. The largest absolute Gasteiger partial charge is 0.492 e. The van der Waals surface area contributed by atoms with E-state index in [4.69, 9.17) is 4.74 Å². The van der Waals surface area contributed by atoms with Gasteiger partial charge in [-0.15, -0.1) is 0 Å². The zero-order valence-electron chi connectivity index (χ0n) is 16.6. The van der Waals surface area contributed by atoms with E-state index in [1.165, 1.54) is 0 Å². The zero-order chi connectivity index (χ0) is 19.9. The van der Waals surface area contributed by atoms with Crippen molar-refractivity contribution in [2.24, 2.45) is 0 Å². The first-order chi connectivity index (χ1) is 13.6. The van der Waals surface area contributed by atoms with E-state index in [0.29, 0.717) is 18.7 Å². The molecule has 0 bridgehead atoms. The molecule has 0 radical (unpaired) electrons. The molecular weight excluding hydrogens is 350 g/mol. The lowest BCUT2D eigenvalue weighted by molar-refractivity contribution is 0.0774. The maximum Gasteiger partial charge on any atom is 0.253 e. The lowest BCUT2D eigenvalue weighted by Gasteiger charge is -2.18. The molecule has 1 amide bonds. The van der Waals surface area contributed by atoms with Crippen LogP contribution in [0.5, 0.6) is 5.75 Å². The van der Waals surface area contributed by atoms with Crippen LogP contribution in [0.25, 0.3) is 11.3 Å². The molecule has 1 aromatic heterocycles. The molecule has 0 spiro atoms. The molecule has 5 nitrogen and oxygen atoms in total. The van der Waals surface area contributed by atoms with Gasteiger partial charge in [0.05, 0.1) is 12.2 Å². The predicted octanol–water partition coefficient (Wildman–Crippen LogP) is 4.17. The maximum atomic E-state index is 12.8. The molecular formula is C23H25N3O2. The minimum Gasteiger partial charge on any atom is -0.492 e. The molecule has 0 aliphatic heterocycles. The van der Waals surface area contributed by atoms with E-state index in [9.17, 15) is 4.79 Å². The number of benzene rings is 2. The number of hydrogen-bond donors (Lipinski definition) is 0. The molecule has 2 aromatic carbocycles. The van der Waals surface area contributed by atoms with Gasteiger partial charge in [0.1, 0.15) is 18.2 Å². The number of amides is 1. The van der Waals surface area contributed by atoms with Crippen LogP contribution in [0, 0.1) is 6.92 Å². The van der Waals surface area contributed by atoms with Crippen LogP contribution in [-0.2, 0) is 6.42 Å². The fourth-order valence-corrected chi connectivity index (χ4v) is 2.94. The lowest BCUT2D eigenvalue weighted by Crippen LogP contribution is -2.30. The molecule has 0 N–H and O–H groups in total. The fraction of sp³-hybridized carbons (Fsp3) is 0.261. The molecule has 0 aliphatic rings. The normalized spacial score (nSPS) is 10.5. The summed E-state index contributed by atoms with van der Waals surface area (Å²) in [7, 11) is 1.79. The first kappa shape index (κ1) is 19.5. The van der Waals surface area contributed by atoms with E-state index in [2.05, 4.69) is 16.9 Å². The van der Waals surface area contributed by atoms with E-state index in [1.54, 1.807) is 11.9 Å². The summed E-state index contributed by atoms with van der Waals surface area (Å²) in [6.45, 7) is 4.90. The van der Waals surface area contributed by atoms with Gasteiger partial charge in [0.2, 0.25) is 0 Å². The van der Waals surface area contributed by atoms with Gasteiger partial charge in [0, 0.05) is 24.4 Å². The highest BCUT2D eigenvalue weighted by Gasteiger charge is 2.14. The van der Waals surface area contributed by atoms with Crippen molar-refractivity contribution >= 4 is 5.91 Å². The van der Waals surface area contributed by atoms with Gasteiger partial charge in [-0.1, -0.05) is 37.3 Å². The van der Waals surface area contributed by atoms with Crippen LogP contribution in [0.15, 0.2) is 60.8 Å². The SMILES string of the molecule is CCc1cnc(C)nc1-c1cccc(C(=O)N(C)CCOc2ccccc2)c1. The minimum atomic E-state index is -0.0395. The van der Waals surface area contributed by atoms with Crippen LogP contribution >= 0.6 is 0 Å². The van der Waals surface area contributed by atoms with Crippen LogP contribution in [0.4, 0.5) is 0 Å². The Morgan fingerprint density at radius 3 is 2.64 bits per heavy atom. The van der Waals surface area contributed by atoms with E-state index >= 15 is 0 Å². The van der Waals surface area contributed by atoms with Gasteiger partial charge in [0.15, 0.2) is 0 Å². The van der Waals surface area contributed by atoms with E-state index in [1.807, 2.05) is 67.7 Å². The molecule has 0 aliphatic carbocycles. The number of hydrogen-bond acceptors (Lipinski definition) is 4. The van der Waals surface area contributed by atoms with Crippen LogP contribution in [0.2, 0.25) is 0 Å². The Balaban J connectivity index is 1.71. The zero-order valence-corrected chi connectivity index (χ0v) is 16.6. The molecule has 0 unspecified atom stereocenters. The summed E-state index contributed by atoms with van der Waals surface area (Å²) < 4.78 is 5.69. The standard InChI is InChI=1S/C23H25N3O2/c1-4-18-16-24-17(2)25-22(18)19-9-8-10-20(15-19)23(27)26(3)13-14-28-21-11-6-5-7-12-21/h5-12,15-16H,4,13-14H2,1-3H3. The minimum absolute atomic E-state index is 0.0395. The predicted molar refractivity (Wildman–Crippen MR) is 110 cm³/mol. The summed E-state index contributed by atoms with van der Waals surface area (Å²) in [4.78, 5) is 23.4. The van der Waals surface area contributed by atoms with Crippen molar-refractivity contribution in [2.75, 3.05) is 20.2 Å². The highest BCUT2D eigenvalue weighted by molar-refractivity contribution is 5.95. The Bertz CT molecular complexity index is 942. The Labute approximate surface area is 166 Å². The second-order valence-corrected chi connectivity index (χ2v) is 6.61. The van der Waals surface area contributed by atoms with E-state index < -0.39 is 0 Å². The van der Waals surface area contributed by atoms with Gasteiger partial charge >= 0.3 is 0 Å². The van der Waals surface area contributed by atoms with E-state index in [0.717, 1.165) is 34.8 Å². The van der Waals surface area contributed by atoms with Crippen molar-refractivity contribution in [1.82, 2.24) is 14.9 Å². The Kier molecular flexibility index (Phi) is 6.37. The summed E-state index contributed by atoms with van der Waals surface area (Å²) in [5, 5.41) is 0. The first-order valence-electron chi connectivity index (χ1n) is 9.44. The van der Waals surface area contributed by atoms with Crippen molar-refractivity contribution in [1.29, 1.82) is 0 Å². The third-order valence-corrected chi connectivity index (χ3v) is 4.53. The van der Waals surface area contributed by atoms with Gasteiger partial charge in [-0.05, 0) is 43.2 Å². The number of carbonyl (C=O) groups is 1. The Morgan fingerprint density at radius 2 is 1.89 bits per heavy atom. The number of rotatable bonds is 7. The molecule has 5 heteroatoms. The number of aromatic nitrogens is 2. The lowest BCUT2D eigenvalue weighted by atomic mass is 10.0. The first-order valence-corrected chi connectivity index (χ1v) is 9.44. The average Bonchev–Trinajstić information content (AvgIpc) is 2.74. The molecule has 3 aromatic rings. The second-order valence-electron chi connectivity index (χ2n) is 6.61. The molecule has 3 rings (SSSR count). The number of carbonyl (C=O) groups excluding carboxylic acids is 1. The quantitative estimate of drug-likeness (QED) is 0.622. The second kappa shape index (κ2) is 9.13. The van der Waals surface area contributed by atoms with Crippen LogP contribution in [-0.4, -0.2) is 41.0 Å². The molecule has 144 valence electrons. The number of para-hydroxylation sites is 1. The van der Waals surface area contributed by atoms with Gasteiger partial charge in [-0.3, -0.25) is 4.79 Å².